The van der Waals surface area contributed by atoms with Gasteiger partial charge in [-0.25, -0.2) is 0 Å². The molecule has 0 aromatic heterocycles. The molecule has 0 aromatic carbocycles. The number of hydrogen-bond acceptors (Lipinski definition) is 6. The molecule has 0 aliphatic carbocycles. The van der Waals surface area contributed by atoms with E-state index in [1.165, 1.54) is 21.0 Å². The summed E-state index contributed by atoms with van der Waals surface area (Å²) in [5.74, 6) is -1.06. The van der Waals surface area contributed by atoms with E-state index in [2.05, 4.69) is 0 Å². The summed E-state index contributed by atoms with van der Waals surface area (Å²) in [4.78, 5) is 22.1. The Morgan fingerprint density at radius 3 is 2.35 bits per heavy atom. The number of carbonyl (C=O) groups excluding carboxylic acids is 2. The molecule has 1 saturated heterocycles. The van der Waals surface area contributed by atoms with Crippen molar-refractivity contribution < 1.29 is 29.9 Å². The van der Waals surface area contributed by atoms with Crippen LogP contribution in [0.25, 0.3) is 0 Å². The summed E-state index contributed by atoms with van der Waals surface area (Å²) >= 11 is 0. The summed E-state index contributed by atoms with van der Waals surface area (Å²) in [5, 5.41) is 0. The Hall–Kier alpha value is -1.14. The molecule has 1 fully saturated rings. The minimum atomic E-state index is -0.973. The van der Waals surface area contributed by atoms with Gasteiger partial charge in [-0.15, -0.1) is 0 Å². The van der Waals surface area contributed by atoms with Crippen LogP contribution in [0.4, 0.5) is 0 Å². The van der Waals surface area contributed by atoms with Gasteiger partial charge in [0, 0.05) is 28.7 Å². The number of ether oxygens (including phenoxy) is 4. The number of methoxy groups -OCH3 is 1. The second-order valence-corrected chi connectivity index (χ2v) is 3.79. The lowest BCUT2D eigenvalue weighted by atomic mass is 10.0. The largest absolute Gasteiger partial charge is 0.458 e. The fourth-order valence-corrected chi connectivity index (χ4v) is 1.65. The van der Waals surface area contributed by atoms with Crippen molar-refractivity contribution in [1.82, 2.24) is 0 Å². The summed E-state index contributed by atoms with van der Waals surface area (Å²) in [7, 11) is 1.40. The molecule has 0 amide bonds. The molecule has 98 valence electrons. The molecule has 1 aliphatic heterocycles. The van der Waals surface area contributed by atoms with Gasteiger partial charge in [0.1, 0.15) is 6.10 Å². The van der Waals surface area contributed by atoms with E-state index in [4.69, 9.17) is 20.3 Å². The molecule has 0 aromatic rings. The van der Waals surface area contributed by atoms with E-state index in [0.717, 1.165) is 0 Å². The number of rotatable bonds is 3. The molecule has 0 bridgehead atoms. The molecule has 0 radical (unpaired) electrons. The zero-order chi connectivity index (χ0) is 13.9. The molecule has 0 N–H and O–H groups in total. The molecule has 6 nitrogen and oxygen atoms in total. The van der Waals surface area contributed by atoms with Crippen LogP contribution >= 0.6 is 0 Å². The van der Waals surface area contributed by atoms with Crippen molar-refractivity contribution in [1.29, 1.82) is 0 Å². The fraction of sp³-hybridized carbons (Fsp3) is 0.818. The fourth-order valence-electron chi connectivity index (χ4n) is 1.65. The van der Waals surface area contributed by atoms with Gasteiger partial charge in [-0.05, 0) is 6.92 Å². The smallest absolute Gasteiger partial charge is 0.303 e. The van der Waals surface area contributed by atoms with E-state index in [1.54, 1.807) is 6.92 Å². The van der Waals surface area contributed by atoms with Crippen molar-refractivity contribution in [2.75, 3.05) is 7.11 Å². The van der Waals surface area contributed by atoms with Crippen LogP contribution < -0.4 is 0 Å². The monoisotopic (exact) mass is 247 g/mol. The molecule has 1 rings (SSSR count). The predicted molar refractivity (Wildman–Crippen MR) is 57.1 cm³/mol. The molecule has 1 aliphatic rings. The van der Waals surface area contributed by atoms with Crippen molar-refractivity contribution in [2.45, 2.75) is 51.8 Å². The molecule has 1 heterocycles. The van der Waals surface area contributed by atoms with Crippen molar-refractivity contribution in [3.05, 3.63) is 0 Å². The van der Waals surface area contributed by atoms with Gasteiger partial charge in [-0.1, -0.05) is 0 Å². The minimum absolute atomic E-state index is 0.518. The Morgan fingerprint density at radius 2 is 1.88 bits per heavy atom. The molecular weight excluding hydrogens is 228 g/mol. The van der Waals surface area contributed by atoms with Crippen LogP contribution in [0.5, 0.6) is 0 Å². The van der Waals surface area contributed by atoms with Gasteiger partial charge in [0.15, 0.2) is 12.4 Å². The van der Waals surface area contributed by atoms with E-state index in [1.807, 2.05) is 0 Å². The Bertz CT molecular complexity index is 321. The Morgan fingerprint density at radius 1 is 1.29 bits per heavy atom. The van der Waals surface area contributed by atoms with E-state index in [-0.39, 0.29) is 0 Å². The van der Waals surface area contributed by atoms with E-state index >= 15 is 0 Å². The van der Waals surface area contributed by atoms with Gasteiger partial charge in [-0.3, -0.25) is 9.59 Å². The van der Waals surface area contributed by atoms with Crippen LogP contribution in [-0.4, -0.2) is 43.7 Å². The molecule has 17 heavy (non-hydrogen) atoms. The third-order valence-electron chi connectivity index (χ3n) is 2.32. The number of hydrogen-bond donors (Lipinski definition) is 0. The molecule has 5 atom stereocenters. The highest BCUT2D eigenvalue weighted by Crippen LogP contribution is 2.25. The zero-order valence-electron chi connectivity index (χ0n) is 11.3. The van der Waals surface area contributed by atoms with Gasteiger partial charge < -0.3 is 18.9 Å². The predicted octanol–water partition coefficient (Wildman–Crippen LogP) is 0.631. The number of carbonyl (C=O) groups is 2. The maximum atomic E-state index is 11.1. The van der Waals surface area contributed by atoms with E-state index in [0.29, 0.717) is 0 Å². The highest BCUT2D eigenvalue weighted by Gasteiger charge is 2.40. The maximum absolute atomic E-state index is 11.1. The summed E-state index contributed by atoms with van der Waals surface area (Å²) in [6.07, 6.45) is -4.03. The average molecular weight is 247 g/mol. The first-order valence-corrected chi connectivity index (χ1v) is 5.31. The topological polar surface area (TPSA) is 71.1 Å². The SMILES string of the molecule is [2H][C@H]1[C@@H](OC)O[C@@H](C)[C@H](OC(C)=O)[C@H]1OC(C)=O. The van der Waals surface area contributed by atoms with E-state index in [9.17, 15) is 9.59 Å². The van der Waals surface area contributed by atoms with Gasteiger partial charge in [0.25, 0.3) is 0 Å². The van der Waals surface area contributed by atoms with Crippen molar-refractivity contribution in [3.63, 3.8) is 0 Å². The number of esters is 2. The molecule has 0 unspecified atom stereocenters. The van der Waals surface area contributed by atoms with Crippen LogP contribution in [0, 0.1) is 0 Å². The molecule has 0 saturated carbocycles. The highest BCUT2D eigenvalue weighted by atomic mass is 16.7. The minimum Gasteiger partial charge on any atom is -0.458 e. The zero-order valence-corrected chi connectivity index (χ0v) is 10.3. The van der Waals surface area contributed by atoms with Crippen LogP contribution in [0.3, 0.4) is 0 Å². The second kappa shape index (κ2) is 5.97. The van der Waals surface area contributed by atoms with Gasteiger partial charge in [0.2, 0.25) is 0 Å². The quantitative estimate of drug-likeness (QED) is 0.681. The lowest BCUT2D eigenvalue weighted by molar-refractivity contribution is -0.248. The van der Waals surface area contributed by atoms with Crippen LogP contribution in [-0.2, 0) is 28.5 Å². The summed E-state index contributed by atoms with van der Waals surface area (Å²) in [6, 6.07) is 0. The Labute approximate surface area is 102 Å². The maximum Gasteiger partial charge on any atom is 0.303 e. The normalized spacial score (nSPS) is 38.1. The third kappa shape index (κ3) is 3.98. The summed E-state index contributed by atoms with van der Waals surface area (Å²) in [6.45, 7) is 4.15. The molecule has 0 spiro atoms. The lowest BCUT2D eigenvalue weighted by Crippen LogP contribution is -2.51. The average Bonchev–Trinajstić information content (AvgIpc) is 2.27. The van der Waals surface area contributed by atoms with Crippen LogP contribution in [0.15, 0.2) is 0 Å². The van der Waals surface area contributed by atoms with Crippen LogP contribution in [0.1, 0.15) is 28.5 Å². The Balaban J connectivity index is 2.89. The molecule has 6 heteroatoms. The first-order valence-electron chi connectivity index (χ1n) is 5.89. The van der Waals surface area contributed by atoms with Crippen LogP contribution in [0.2, 0.25) is 0 Å². The van der Waals surface area contributed by atoms with Gasteiger partial charge >= 0.3 is 11.9 Å². The lowest BCUT2D eigenvalue weighted by Gasteiger charge is -2.38. The standard InChI is InChI=1S/C11H18O6/c1-6-11(17-8(3)13)9(16-7(2)12)5-10(14-4)15-6/h6,9-11H,5H2,1-4H3/t6-,9-,10-,11-/m0/s1/i5D/t5-,6+,9+,10+,11+/m1. The highest BCUT2D eigenvalue weighted by molar-refractivity contribution is 5.67. The molecular formula is C11H18O6. The third-order valence-corrected chi connectivity index (χ3v) is 2.32. The first kappa shape index (κ1) is 12.3. The van der Waals surface area contributed by atoms with Gasteiger partial charge in [-0.2, -0.15) is 0 Å². The van der Waals surface area contributed by atoms with Crippen molar-refractivity contribution in [2.24, 2.45) is 0 Å². The van der Waals surface area contributed by atoms with Crippen molar-refractivity contribution >= 4 is 11.9 Å². The first-order chi connectivity index (χ1) is 8.36. The Kier molecular flexibility index (Phi) is 4.33. The van der Waals surface area contributed by atoms with E-state index < -0.39 is 42.9 Å². The summed E-state index contributed by atoms with van der Waals surface area (Å²) in [5.41, 5.74) is 0. The second-order valence-electron chi connectivity index (χ2n) is 3.79. The van der Waals surface area contributed by atoms with Gasteiger partial charge in [0.05, 0.1) is 6.10 Å². The van der Waals surface area contributed by atoms with Crippen molar-refractivity contribution in [3.8, 4) is 0 Å². The summed E-state index contributed by atoms with van der Waals surface area (Å²) < 4.78 is 28.4.